The van der Waals surface area contributed by atoms with Crippen LogP contribution >= 0.6 is 0 Å². The minimum absolute atomic E-state index is 0.243. The van der Waals surface area contributed by atoms with E-state index in [4.69, 9.17) is 0 Å². The lowest BCUT2D eigenvalue weighted by Gasteiger charge is -2.10. The average Bonchev–Trinajstić information content (AvgIpc) is 2.25. The third-order valence-electron chi connectivity index (χ3n) is 1.87. The second kappa shape index (κ2) is 4.64. The molecular weight excluding hydrogens is 249 g/mol. The minimum Gasteiger partial charge on any atom is -0.465 e. The summed E-state index contributed by atoms with van der Waals surface area (Å²) in [6, 6.07) is 0.243. The number of nitrogens with zero attached hydrogens (tertiary/aromatic N) is 1. The van der Waals surface area contributed by atoms with Crippen molar-refractivity contribution in [2.24, 2.45) is 0 Å². The summed E-state index contributed by atoms with van der Waals surface area (Å²) in [4.78, 5) is 13.9. The fraction of sp³-hybridized carbons (Fsp3) is 0.333. The van der Waals surface area contributed by atoms with E-state index in [0.29, 0.717) is 6.20 Å². The second-order valence-corrected chi connectivity index (χ2v) is 2.95. The van der Waals surface area contributed by atoms with Gasteiger partial charge in [0, 0.05) is 6.20 Å². The van der Waals surface area contributed by atoms with Crippen molar-refractivity contribution in [3.05, 3.63) is 29.1 Å². The molecule has 1 aromatic heterocycles. The number of methoxy groups -OCH3 is 1. The largest absolute Gasteiger partial charge is 0.465 e. The summed E-state index contributed by atoms with van der Waals surface area (Å²) >= 11 is 0. The van der Waals surface area contributed by atoms with Crippen molar-refractivity contribution >= 4 is 5.97 Å². The molecule has 94 valence electrons. The first-order valence-electron chi connectivity index (χ1n) is 4.21. The molecule has 0 aromatic carbocycles. The molecule has 0 atom stereocenters. The molecule has 3 nitrogen and oxygen atoms in total. The van der Waals surface area contributed by atoms with E-state index < -0.39 is 35.4 Å². The molecule has 0 amide bonds. The fourth-order valence-electron chi connectivity index (χ4n) is 1.08. The molecule has 0 spiro atoms. The molecule has 0 aliphatic rings. The van der Waals surface area contributed by atoms with Crippen molar-refractivity contribution in [3.63, 3.8) is 0 Å². The topological polar surface area (TPSA) is 39.2 Å². The Morgan fingerprint density at radius 2 is 2.00 bits per heavy atom. The monoisotopic (exact) mass is 255 g/mol. The number of aromatic nitrogens is 1. The van der Waals surface area contributed by atoms with Crippen LogP contribution in [-0.4, -0.2) is 18.1 Å². The van der Waals surface area contributed by atoms with E-state index in [9.17, 15) is 26.7 Å². The normalized spacial score (nSPS) is 11.7. The Hall–Kier alpha value is -1.73. The zero-order valence-electron chi connectivity index (χ0n) is 8.39. The van der Waals surface area contributed by atoms with Crippen LogP contribution in [0.25, 0.3) is 0 Å². The highest BCUT2D eigenvalue weighted by molar-refractivity contribution is 5.91. The zero-order valence-corrected chi connectivity index (χ0v) is 8.39. The maximum absolute atomic E-state index is 12.4. The Bertz CT molecular complexity index is 430. The van der Waals surface area contributed by atoms with E-state index >= 15 is 0 Å². The Kier molecular flexibility index (Phi) is 3.64. The Balaban J connectivity index is 3.34. The number of alkyl halides is 5. The highest BCUT2D eigenvalue weighted by Gasteiger charge is 2.34. The van der Waals surface area contributed by atoms with Crippen molar-refractivity contribution in [1.82, 2.24) is 4.98 Å². The lowest BCUT2D eigenvalue weighted by atomic mass is 10.1. The number of hydrogen-bond acceptors (Lipinski definition) is 3. The van der Waals surface area contributed by atoms with Gasteiger partial charge in [0.2, 0.25) is 0 Å². The molecule has 0 saturated heterocycles. The van der Waals surface area contributed by atoms with Crippen molar-refractivity contribution in [1.29, 1.82) is 0 Å². The Morgan fingerprint density at radius 1 is 1.41 bits per heavy atom. The van der Waals surface area contributed by atoms with Crippen molar-refractivity contribution in [2.45, 2.75) is 12.6 Å². The molecule has 1 rings (SSSR count). The number of rotatable bonds is 2. The summed E-state index contributed by atoms with van der Waals surface area (Å²) in [5.74, 6) is -1.27. The SMILES string of the molecule is COC(=O)c1cc(C(F)(F)F)ncc1C(F)F. The van der Waals surface area contributed by atoms with Crippen LogP contribution in [0.3, 0.4) is 0 Å². The molecule has 0 aliphatic heterocycles. The van der Waals surface area contributed by atoms with Crippen LogP contribution in [0, 0.1) is 0 Å². The number of esters is 1. The summed E-state index contributed by atoms with van der Waals surface area (Å²) in [5, 5.41) is 0. The number of carbonyl (C=O) groups is 1. The van der Waals surface area contributed by atoms with Crippen LogP contribution < -0.4 is 0 Å². The maximum Gasteiger partial charge on any atom is 0.433 e. The minimum atomic E-state index is -4.82. The molecule has 1 heterocycles. The number of halogens is 5. The lowest BCUT2D eigenvalue weighted by molar-refractivity contribution is -0.141. The molecule has 0 saturated carbocycles. The van der Waals surface area contributed by atoms with Gasteiger partial charge in [0.05, 0.1) is 18.2 Å². The zero-order chi connectivity index (χ0) is 13.2. The third kappa shape index (κ3) is 2.89. The van der Waals surface area contributed by atoms with Gasteiger partial charge in [-0.05, 0) is 6.07 Å². The van der Waals surface area contributed by atoms with Gasteiger partial charge in [0.1, 0.15) is 5.69 Å². The second-order valence-electron chi connectivity index (χ2n) is 2.95. The van der Waals surface area contributed by atoms with Gasteiger partial charge in [-0.15, -0.1) is 0 Å². The van der Waals surface area contributed by atoms with E-state index in [-0.39, 0.29) is 6.07 Å². The van der Waals surface area contributed by atoms with Gasteiger partial charge in [-0.2, -0.15) is 13.2 Å². The van der Waals surface area contributed by atoms with E-state index in [1.807, 2.05) is 0 Å². The predicted octanol–water partition coefficient (Wildman–Crippen LogP) is 2.82. The molecular formula is C9H6F5NO2. The summed E-state index contributed by atoms with van der Waals surface area (Å²) in [7, 11) is 0.880. The van der Waals surface area contributed by atoms with E-state index in [1.165, 1.54) is 0 Å². The third-order valence-corrected chi connectivity index (χ3v) is 1.87. The molecule has 1 aromatic rings. The number of pyridine rings is 1. The molecule has 8 heteroatoms. The van der Waals surface area contributed by atoms with Crippen LogP contribution in [-0.2, 0) is 10.9 Å². The number of hydrogen-bond donors (Lipinski definition) is 0. The van der Waals surface area contributed by atoms with Gasteiger partial charge >= 0.3 is 12.1 Å². The Labute approximate surface area is 92.2 Å². The van der Waals surface area contributed by atoms with E-state index in [2.05, 4.69) is 9.72 Å². The van der Waals surface area contributed by atoms with Gasteiger partial charge in [0.25, 0.3) is 6.43 Å². The van der Waals surface area contributed by atoms with Crippen LogP contribution in [0.2, 0.25) is 0 Å². The molecule has 0 radical (unpaired) electrons. The average molecular weight is 255 g/mol. The number of ether oxygens (including phenoxy) is 1. The van der Waals surface area contributed by atoms with Gasteiger partial charge in [-0.1, -0.05) is 0 Å². The van der Waals surface area contributed by atoms with Gasteiger partial charge in [-0.3, -0.25) is 4.98 Å². The predicted molar refractivity (Wildman–Crippen MR) is 45.5 cm³/mol. The van der Waals surface area contributed by atoms with Gasteiger partial charge in [-0.25, -0.2) is 13.6 Å². The first kappa shape index (κ1) is 13.3. The highest BCUT2D eigenvalue weighted by Crippen LogP contribution is 2.31. The van der Waals surface area contributed by atoms with E-state index in [1.54, 1.807) is 0 Å². The van der Waals surface area contributed by atoms with Crippen molar-refractivity contribution < 1.29 is 31.5 Å². The van der Waals surface area contributed by atoms with Crippen molar-refractivity contribution in [3.8, 4) is 0 Å². The van der Waals surface area contributed by atoms with E-state index in [0.717, 1.165) is 7.11 Å². The van der Waals surface area contributed by atoms with Crippen LogP contribution in [0.5, 0.6) is 0 Å². The molecule has 0 fully saturated rings. The quantitative estimate of drug-likeness (QED) is 0.602. The van der Waals surface area contributed by atoms with Crippen LogP contribution in [0.1, 0.15) is 28.0 Å². The summed E-state index contributed by atoms with van der Waals surface area (Å²) < 4.78 is 65.8. The van der Waals surface area contributed by atoms with Crippen molar-refractivity contribution in [2.75, 3.05) is 7.11 Å². The Morgan fingerprint density at radius 3 is 2.41 bits per heavy atom. The number of carbonyl (C=O) groups excluding carboxylic acids is 1. The molecule has 0 aliphatic carbocycles. The first-order valence-corrected chi connectivity index (χ1v) is 4.21. The molecule has 0 unspecified atom stereocenters. The van der Waals surface area contributed by atoms with Gasteiger partial charge < -0.3 is 4.74 Å². The van der Waals surface area contributed by atoms with Crippen LogP contribution in [0.15, 0.2) is 12.3 Å². The summed E-state index contributed by atoms with van der Waals surface area (Å²) in [6.45, 7) is 0. The highest BCUT2D eigenvalue weighted by atomic mass is 19.4. The fourth-order valence-corrected chi connectivity index (χ4v) is 1.08. The summed E-state index contributed by atoms with van der Waals surface area (Å²) in [6.07, 6.45) is -7.61. The standard InChI is InChI=1S/C9H6F5NO2/c1-17-8(16)4-2-6(9(12,13)14)15-3-5(4)7(10)11/h2-3,7H,1H3. The first-order chi connectivity index (χ1) is 7.77. The van der Waals surface area contributed by atoms with Crippen LogP contribution in [0.4, 0.5) is 22.0 Å². The molecule has 0 bridgehead atoms. The van der Waals surface area contributed by atoms with Gasteiger partial charge in [0.15, 0.2) is 0 Å². The molecule has 0 N–H and O–H groups in total. The summed E-state index contributed by atoms with van der Waals surface area (Å²) in [5.41, 5.74) is -3.17. The lowest BCUT2D eigenvalue weighted by Crippen LogP contribution is -2.13. The molecule has 17 heavy (non-hydrogen) atoms. The smallest absolute Gasteiger partial charge is 0.433 e. The maximum atomic E-state index is 12.4.